The van der Waals surface area contributed by atoms with Gasteiger partial charge < -0.3 is 31.1 Å². The summed E-state index contributed by atoms with van der Waals surface area (Å²) >= 11 is 0. The van der Waals surface area contributed by atoms with Gasteiger partial charge in [-0.1, -0.05) is 18.2 Å². The van der Waals surface area contributed by atoms with Crippen molar-refractivity contribution in [1.29, 1.82) is 5.41 Å². The average molecular weight is 508 g/mol. The molecule has 5 N–H and O–H groups in total. The number of halogens is 1. The average Bonchev–Trinajstić information content (AvgIpc) is 3.47. The van der Waals surface area contributed by atoms with E-state index >= 15 is 4.39 Å². The fourth-order valence-electron chi connectivity index (χ4n) is 3.68. The number of nitrogens with one attached hydrogen (secondary N) is 5. The molecule has 1 aliphatic heterocycles. The molecule has 9 nitrogen and oxygen atoms in total. The molecule has 1 amide bonds. The number of imidazole rings is 1. The summed E-state index contributed by atoms with van der Waals surface area (Å²) in [5, 5.41) is 16.3. The maximum atomic E-state index is 15.1. The Morgan fingerprint density at radius 3 is 2.68 bits per heavy atom. The summed E-state index contributed by atoms with van der Waals surface area (Å²) < 4.78 is 21.0. The molecule has 0 aliphatic carbocycles. The number of H-pyrrole nitrogens is 1. The van der Waals surface area contributed by atoms with E-state index in [1.807, 2.05) is 18.2 Å². The van der Waals surface area contributed by atoms with Gasteiger partial charge in [-0.05, 0) is 48.6 Å². The maximum Gasteiger partial charge on any atom is 0.259 e. The molecule has 0 fully saturated rings. The Bertz CT molecular complexity index is 1560. The number of rotatable bonds is 8. The first-order valence-electron chi connectivity index (χ1n) is 11.6. The van der Waals surface area contributed by atoms with Crippen LogP contribution in [0.15, 0.2) is 109 Å². The Morgan fingerprint density at radius 2 is 1.92 bits per heavy atom. The molecule has 0 unspecified atom stereocenters. The normalized spacial score (nSPS) is 13.7. The summed E-state index contributed by atoms with van der Waals surface area (Å²) in [7, 11) is 0. The van der Waals surface area contributed by atoms with E-state index in [1.165, 1.54) is 18.2 Å². The number of aromatic amines is 1. The molecule has 10 heteroatoms. The standard InChI is InChI=1S/C28H22FN7O2/c29-22-14-20(35-27-21(7-4-12-32-27)28(37)36-19-5-2-1-3-6-19)8-9-25(22)38-26-13-18(24-16-31-17-34-24)15-33-23(26)10-11-30/h1-17,30,33H,(H,31,34)(H,32,35)(H,36,37)/b23-10-,30-11?. The monoisotopic (exact) mass is 507 g/mol. The number of aromatic nitrogens is 3. The number of carbonyl (C=O) groups is 1. The minimum Gasteiger partial charge on any atom is -0.452 e. The van der Waals surface area contributed by atoms with E-state index in [0.717, 1.165) is 11.8 Å². The van der Waals surface area contributed by atoms with E-state index in [2.05, 4.69) is 30.9 Å². The minimum absolute atomic E-state index is 0.0224. The smallest absolute Gasteiger partial charge is 0.259 e. The van der Waals surface area contributed by atoms with Crippen molar-refractivity contribution in [3.8, 4) is 5.75 Å². The van der Waals surface area contributed by atoms with E-state index in [-0.39, 0.29) is 17.5 Å². The number of carbonyl (C=O) groups excluding carboxylic acids is 1. The van der Waals surface area contributed by atoms with Crippen molar-refractivity contribution >= 4 is 34.9 Å². The highest BCUT2D eigenvalue weighted by molar-refractivity contribution is 6.07. The van der Waals surface area contributed by atoms with Gasteiger partial charge in [0.05, 0.1) is 23.3 Å². The van der Waals surface area contributed by atoms with Crippen LogP contribution in [-0.2, 0) is 0 Å². The highest BCUT2D eigenvalue weighted by Gasteiger charge is 2.18. The number of hydrogen-bond acceptors (Lipinski definition) is 7. The molecule has 0 bridgehead atoms. The van der Waals surface area contributed by atoms with E-state index in [1.54, 1.807) is 61.3 Å². The van der Waals surface area contributed by atoms with Gasteiger partial charge in [0.1, 0.15) is 5.82 Å². The number of hydrogen-bond donors (Lipinski definition) is 5. The van der Waals surface area contributed by atoms with Gasteiger partial charge in [0, 0.05) is 47.8 Å². The number of para-hydroxylation sites is 1. The lowest BCUT2D eigenvalue weighted by Gasteiger charge is -2.19. The molecular weight excluding hydrogens is 485 g/mol. The van der Waals surface area contributed by atoms with Crippen LogP contribution in [0.3, 0.4) is 0 Å². The molecule has 1 aliphatic rings. The Kier molecular flexibility index (Phi) is 7.03. The third-order valence-electron chi connectivity index (χ3n) is 5.48. The number of nitrogens with zero attached hydrogens (tertiary/aromatic N) is 2. The van der Waals surface area contributed by atoms with E-state index in [4.69, 9.17) is 10.1 Å². The SMILES string of the molecule is N=C/C=C1\NC=C(c2c[nH]cn2)C=C1Oc1ccc(Nc2ncccc2C(=O)Nc2ccccc2)cc1F. The Labute approximate surface area is 217 Å². The van der Waals surface area contributed by atoms with Crippen molar-refractivity contribution in [3.63, 3.8) is 0 Å². The predicted octanol–water partition coefficient (Wildman–Crippen LogP) is 5.38. The number of anilines is 3. The summed E-state index contributed by atoms with van der Waals surface area (Å²) in [6.45, 7) is 0. The third kappa shape index (κ3) is 5.49. The van der Waals surface area contributed by atoms with Gasteiger partial charge in [-0.15, -0.1) is 0 Å². The number of amides is 1. The molecule has 38 heavy (non-hydrogen) atoms. The number of dihydropyridines is 1. The number of pyridine rings is 1. The van der Waals surface area contributed by atoms with Crippen molar-refractivity contribution in [2.24, 2.45) is 0 Å². The van der Waals surface area contributed by atoms with Gasteiger partial charge in [0.2, 0.25) is 0 Å². The molecule has 0 spiro atoms. The molecule has 188 valence electrons. The number of allylic oxidation sites excluding steroid dienone is 3. The molecule has 2 aromatic heterocycles. The molecule has 0 radical (unpaired) electrons. The van der Waals surface area contributed by atoms with Gasteiger partial charge in [-0.2, -0.15) is 0 Å². The largest absolute Gasteiger partial charge is 0.452 e. The van der Waals surface area contributed by atoms with Crippen LogP contribution in [0, 0.1) is 11.2 Å². The van der Waals surface area contributed by atoms with Gasteiger partial charge in [-0.25, -0.2) is 14.4 Å². The summed E-state index contributed by atoms with van der Waals surface area (Å²) in [6.07, 6.45) is 10.9. The van der Waals surface area contributed by atoms with Crippen molar-refractivity contribution in [2.45, 2.75) is 0 Å². The lowest BCUT2D eigenvalue weighted by Crippen LogP contribution is -2.17. The van der Waals surface area contributed by atoms with Crippen LogP contribution in [0.2, 0.25) is 0 Å². The van der Waals surface area contributed by atoms with E-state index in [0.29, 0.717) is 34.1 Å². The zero-order valence-electron chi connectivity index (χ0n) is 19.9. The second-order valence-electron chi connectivity index (χ2n) is 8.05. The molecule has 0 atom stereocenters. The van der Waals surface area contributed by atoms with E-state index < -0.39 is 5.82 Å². The van der Waals surface area contributed by atoms with Crippen molar-refractivity contribution < 1.29 is 13.9 Å². The second kappa shape index (κ2) is 11.0. The zero-order valence-corrected chi connectivity index (χ0v) is 19.9. The van der Waals surface area contributed by atoms with E-state index in [9.17, 15) is 4.79 Å². The minimum atomic E-state index is -0.632. The summed E-state index contributed by atoms with van der Waals surface area (Å²) in [5.74, 6) is -0.412. The number of ether oxygens (including phenoxy) is 1. The van der Waals surface area contributed by atoms with Crippen LogP contribution in [-0.4, -0.2) is 27.1 Å². The molecule has 0 saturated heterocycles. The van der Waals surface area contributed by atoms with Gasteiger partial charge in [-0.3, -0.25) is 4.79 Å². The van der Waals surface area contributed by atoms with Crippen LogP contribution >= 0.6 is 0 Å². The lowest BCUT2D eigenvalue weighted by atomic mass is 10.1. The van der Waals surface area contributed by atoms with Gasteiger partial charge >= 0.3 is 0 Å². The zero-order chi connectivity index (χ0) is 26.3. The summed E-state index contributed by atoms with van der Waals surface area (Å²) in [4.78, 5) is 24.2. The molecule has 4 aromatic rings. The molecular formula is C28H22FN7O2. The Hall–Kier alpha value is -5.51. The lowest BCUT2D eigenvalue weighted by molar-refractivity contribution is 0.102. The molecule has 0 saturated carbocycles. The topological polar surface area (TPSA) is 128 Å². The van der Waals surface area contributed by atoms with Crippen molar-refractivity contribution in [3.05, 3.63) is 126 Å². The second-order valence-corrected chi connectivity index (χ2v) is 8.05. The van der Waals surface area contributed by atoms with Crippen LogP contribution < -0.4 is 20.7 Å². The highest BCUT2D eigenvalue weighted by Crippen LogP contribution is 2.29. The van der Waals surface area contributed by atoms with Crippen LogP contribution in [0.5, 0.6) is 5.75 Å². The fourth-order valence-corrected chi connectivity index (χ4v) is 3.68. The van der Waals surface area contributed by atoms with Crippen LogP contribution in [0.25, 0.3) is 5.57 Å². The third-order valence-corrected chi connectivity index (χ3v) is 5.48. The molecule has 2 aromatic carbocycles. The molecule has 3 heterocycles. The van der Waals surface area contributed by atoms with Crippen LogP contribution in [0.1, 0.15) is 16.1 Å². The first-order valence-corrected chi connectivity index (χ1v) is 11.6. The summed E-state index contributed by atoms with van der Waals surface area (Å²) in [6, 6.07) is 16.7. The number of benzene rings is 2. The predicted molar refractivity (Wildman–Crippen MR) is 144 cm³/mol. The summed E-state index contributed by atoms with van der Waals surface area (Å²) in [5.41, 5.74) is 3.21. The van der Waals surface area contributed by atoms with Crippen molar-refractivity contribution in [1.82, 2.24) is 20.3 Å². The van der Waals surface area contributed by atoms with Crippen LogP contribution in [0.4, 0.5) is 21.6 Å². The molecule has 5 rings (SSSR count). The van der Waals surface area contributed by atoms with Crippen molar-refractivity contribution in [2.75, 3.05) is 10.6 Å². The first-order chi connectivity index (χ1) is 18.6. The highest BCUT2D eigenvalue weighted by atomic mass is 19.1. The Morgan fingerprint density at radius 1 is 1.05 bits per heavy atom. The maximum absolute atomic E-state index is 15.1. The Balaban J connectivity index is 1.35. The first kappa shape index (κ1) is 24.2. The fraction of sp³-hybridized carbons (Fsp3) is 0. The quantitative estimate of drug-likeness (QED) is 0.204. The van der Waals surface area contributed by atoms with Gasteiger partial charge in [0.15, 0.2) is 17.3 Å². The van der Waals surface area contributed by atoms with Gasteiger partial charge in [0.25, 0.3) is 5.91 Å².